The summed E-state index contributed by atoms with van der Waals surface area (Å²) in [5.41, 5.74) is 0.838. The molecule has 0 bridgehead atoms. The molecule has 0 saturated heterocycles. The number of aryl methyl sites for hydroxylation is 1. The fraction of sp³-hybridized carbons (Fsp3) is 0.357. The molecule has 112 valence electrons. The number of nitrogens with one attached hydrogen (secondary N) is 2. The van der Waals surface area contributed by atoms with E-state index in [2.05, 4.69) is 20.8 Å². The maximum absolute atomic E-state index is 12.2. The standard InChI is InChI=1S/C14H18N4O2S/c1-4-12(13(19)16-14-18-17-9(2)21-14)15-10-6-5-7-11(8-10)20-3/h5-8,12,15H,4H2,1-3H3,(H,16,18,19)/t12-/m0/s1. The summed E-state index contributed by atoms with van der Waals surface area (Å²) in [5.74, 6) is 0.617. The maximum Gasteiger partial charge on any atom is 0.248 e. The summed E-state index contributed by atoms with van der Waals surface area (Å²) in [6.07, 6.45) is 0.654. The van der Waals surface area contributed by atoms with Gasteiger partial charge in [0.2, 0.25) is 11.0 Å². The van der Waals surface area contributed by atoms with Crippen LogP contribution in [-0.2, 0) is 4.79 Å². The Kier molecular flexibility index (Phi) is 5.10. The van der Waals surface area contributed by atoms with Crippen LogP contribution in [0.1, 0.15) is 18.4 Å². The summed E-state index contributed by atoms with van der Waals surface area (Å²) < 4.78 is 5.17. The number of anilines is 2. The summed E-state index contributed by atoms with van der Waals surface area (Å²) in [6, 6.07) is 7.13. The van der Waals surface area contributed by atoms with Crippen LogP contribution in [0.5, 0.6) is 5.75 Å². The van der Waals surface area contributed by atoms with E-state index in [0.717, 1.165) is 16.4 Å². The number of nitrogens with zero attached hydrogens (tertiary/aromatic N) is 2. The molecule has 0 aliphatic rings. The SMILES string of the molecule is CC[C@H](Nc1cccc(OC)c1)C(=O)Nc1nnc(C)s1. The molecule has 0 spiro atoms. The quantitative estimate of drug-likeness (QED) is 0.858. The second-order valence-electron chi connectivity index (χ2n) is 4.45. The highest BCUT2D eigenvalue weighted by atomic mass is 32.1. The van der Waals surface area contributed by atoms with Gasteiger partial charge in [-0.2, -0.15) is 0 Å². The van der Waals surface area contributed by atoms with Gasteiger partial charge in [0.05, 0.1) is 7.11 Å². The summed E-state index contributed by atoms with van der Waals surface area (Å²) >= 11 is 1.35. The first-order valence-electron chi connectivity index (χ1n) is 6.64. The van der Waals surface area contributed by atoms with Crippen LogP contribution in [0.3, 0.4) is 0 Å². The largest absolute Gasteiger partial charge is 0.497 e. The molecule has 0 aliphatic heterocycles. The highest BCUT2D eigenvalue weighted by Crippen LogP contribution is 2.19. The van der Waals surface area contributed by atoms with Gasteiger partial charge in [-0.05, 0) is 25.5 Å². The minimum atomic E-state index is -0.346. The van der Waals surface area contributed by atoms with E-state index >= 15 is 0 Å². The van der Waals surface area contributed by atoms with Gasteiger partial charge in [-0.15, -0.1) is 10.2 Å². The Bertz CT molecular complexity index is 615. The first kappa shape index (κ1) is 15.2. The number of benzene rings is 1. The van der Waals surface area contributed by atoms with Crippen molar-refractivity contribution in [3.05, 3.63) is 29.3 Å². The van der Waals surface area contributed by atoms with Crippen LogP contribution in [0.25, 0.3) is 0 Å². The maximum atomic E-state index is 12.2. The van der Waals surface area contributed by atoms with Crippen molar-refractivity contribution in [1.82, 2.24) is 10.2 Å². The molecule has 1 amide bonds. The molecule has 2 rings (SSSR count). The lowest BCUT2D eigenvalue weighted by atomic mass is 10.2. The predicted octanol–water partition coefficient (Wildman–Crippen LogP) is 2.68. The van der Waals surface area contributed by atoms with Gasteiger partial charge in [-0.1, -0.05) is 24.3 Å². The smallest absolute Gasteiger partial charge is 0.248 e. The molecule has 1 atom stereocenters. The van der Waals surface area contributed by atoms with Crippen molar-refractivity contribution >= 4 is 28.1 Å². The minimum Gasteiger partial charge on any atom is -0.497 e. The first-order chi connectivity index (χ1) is 10.1. The van der Waals surface area contributed by atoms with E-state index < -0.39 is 0 Å². The summed E-state index contributed by atoms with van der Waals surface area (Å²) in [6.45, 7) is 3.79. The van der Waals surface area contributed by atoms with Gasteiger partial charge in [0.25, 0.3) is 0 Å². The van der Waals surface area contributed by atoms with Crippen molar-refractivity contribution in [2.75, 3.05) is 17.7 Å². The molecule has 21 heavy (non-hydrogen) atoms. The zero-order valence-electron chi connectivity index (χ0n) is 12.2. The Morgan fingerprint density at radius 1 is 1.43 bits per heavy atom. The van der Waals surface area contributed by atoms with E-state index in [4.69, 9.17) is 4.74 Å². The molecule has 6 nitrogen and oxygen atoms in total. The molecule has 1 heterocycles. The van der Waals surface area contributed by atoms with Crippen molar-refractivity contribution < 1.29 is 9.53 Å². The van der Waals surface area contributed by atoms with Crippen molar-refractivity contribution in [1.29, 1.82) is 0 Å². The van der Waals surface area contributed by atoms with Gasteiger partial charge in [0, 0.05) is 11.8 Å². The van der Waals surface area contributed by atoms with E-state index in [1.54, 1.807) is 7.11 Å². The molecule has 0 fully saturated rings. The minimum absolute atomic E-state index is 0.128. The Balaban J connectivity index is 2.02. The second-order valence-corrected chi connectivity index (χ2v) is 5.63. The molecule has 0 unspecified atom stereocenters. The molecule has 1 aromatic heterocycles. The van der Waals surface area contributed by atoms with E-state index in [1.807, 2.05) is 38.1 Å². The molecule has 0 saturated carbocycles. The van der Waals surface area contributed by atoms with E-state index in [-0.39, 0.29) is 11.9 Å². The zero-order chi connectivity index (χ0) is 15.2. The third-order valence-corrected chi connectivity index (χ3v) is 3.65. The van der Waals surface area contributed by atoms with Crippen LogP contribution < -0.4 is 15.4 Å². The van der Waals surface area contributed by atoms with Gasteiger partial charge in [0.1, 0.15) is 16.8 Å². The van der Waals surface area contributed by atoms with E-state index in [1.165, 1.54) is 11.3 Å². The topological polar surface area (TPSA) is 76.1 Å². The molecular weight excluding hydrogens is 288 g/mol. The number of hydrogen-bond acceptors (Lipinski definition) is 6. The van der Waals surface area contributed by atoms with Gasteiger partial charge in [0.15, 0.2) is 0 Å². The van der Waals surface area contributed by atoms with Crippen molar-refractivity contribution in [3.63, 3.8) is 0 Å². The Hall–Kier alpha value is -2.15. The molecule has 0 radical (unpaired) electrons. The lowest BCUT2D eigenvalue weighted by Gasteiger charge is -2.17. The molecule has 2 aromatic rings. The number of ether oxygens (including phenoxy) is 1. The monoisotopic (exact) mass is 306 g/mol. The van der Waals surface area contributed by atoms with Gasteiger partial charge in [-0.3, -0.25) is 10.1 Å². The van der Waals surface area contributed by atoms with Gasteiger partial charge < -0.3 is 10.1 Å². The van der Waals surface area contributed by atoms with Crippen LogP contribution in [0.2, 0.25) is 0 Å². The van der Waals surface area contributed by atoms with E-state index in [0.29, 0.717) is 11.6 Å². The van der Waals surface area contributed by atoms with Crippen LogP contribution >= 0.6 is 11.3 Å². The number of carbonyl (C=O) groups excluding carboxylic acids is 1. The number of carbonyl (C=O) groups is 1. The van der Waals surface area contributed by atoms with Crippen LogP contribution in [0.4, 0.5) is 10.8 Å². The second kappa shape index (κ2) is 7.03. The number of hydrogen-bond donors (Lipinski definition) is 2. The fourth-order valence-corrected chi connectivity index (χ4v) is 2.40. The number of amides is 1. The van der Waals surface area contributed by atoms with Crippen LogP contribution in [0.15, 0.2) is 24.3 Å². The van der Waals surface area contributed by atoms with Crippen LogP contribution in [0, 0.1) is 6.92 Å². The Labute approximate surface area is 127 Å². The zero-order valence-corrected chi connectivity index (χ0v) is 13.0. The molecular formula is C14H18N4O2S. The van der Waals surface area contributed by atoms with Crippen molar-refractivity contribution in [2.24, 2.45) is 0 Å². The normalized spacial score (nSPS) is 11.8. The van der Waals surface area contributed by atoms with Crippen molar-refractivity contribution in [2.45, 2.75) is 26.3 Å². The fourth-order valence-electron chi connectivity index (χ4n) is 1.81. The molecule has 7 heteroatoms. The summed E-state index contributed by atoms with van der Waals surface area (Å²) in [4.78, 5) is 12.2. The lowest BCUT2D eigenvalue weighted by Crippen LogP contribution is -2.34. The molecule has 1 aromatic carbocycles. The Morgan fingerprint density at radius 3 is 2.86 bits per heavy atom. The van der Waals surface area contributed by atoms with Gasteiger partial charge in [-0.25, -0.2) is 0 Å². The van der Waals surface area contributed by atoms with Crippen molar-refractivity contribution in [3.8, 4) is 5.75 Å². The highest BCUT2D eigenvalue weighted by molar-refractivity contribution is 7.15. The number of methoxy groups -OCH3 is 1. The predicted molar refractivity (Wildman–Crippen MR) is 84.0 cm³/mol. The summed E-state index contributed by atoms with van der Waals surface area (Å²) in [7, 11) is 1.61. The Morgan fingerprint density at radius 2 is 2.24 bits per heavy atom. The highest BCUT2D eigenvalue weighted by Gasteiger charge is 2.18. The summed E-state index contributed by atoms with van der Waals surface area (Å²) in [5, 5.41) is 15.1. The number of aromatic nitrogens is 2. The van der Waals surface area contributed by atoms with Gasteiger partial charge >= 0.3 is 0 Å². The third-order valence-electron chi connectivity index (χ3n) is 2.89. The molecule has 2 N–H and O–H groups in total. The lowest BCUT2D eigenvalue weighted by molar-refractivity contribution is -0.117. The average Bonchev–Trinajstić information content (AvgIpc) is 2.90. The molecule has 0 aliphatic carbocycles. The average molecular weight is 306 g/mol. The van der Waals surface area contributed by atoms with E-state index in [9.17, 15) is 4.79 Å². The first-order valence-corrected chi connectivity index (χ1v) is 7.45. The number of rotatable bonds is 6. The van der Waals surface area contributed by atoms with Crippen LogP contribution in [-0.4, -0.2) is 29.3 Å². The third kappa shape index (κ3) is 4.16.